The van der Waals surface area contributed by atoms with Crippen molar-refractivity contribution in [2.45, 2.75) is 26.4 Å². The van der Waals surface area contributed by atoms with Crippen LogP contribution in [0.5, 0.6) is 0 Å². The first kappa shape index (κ1) is 17.5. The molecule has 2 aromatic rings. The molecular weight excluding hydrogens is 308 g/mol. The van der Waals surface area contributed by atoms with E-state index >= 15 is 0 Å². The molecule has 1 aromatic carbocycles. The van der Waals surface area contributed by atoms with E-state index in [1.807, 2.05) is 30.3 Å². The molecule has 0 atom stereocenters. The molecule has 24 heavy (non-hydrogen) atoms. The van der Waals surface area contributed by atoms with E-state index < -0.39 is 11.7 Å². The Morgan fingerprint density at radius 1 is 1.08 bits per heavy atom. The number of aromatic nitrogens is 2. The maximum absolute atomic E-state index is 12.0. The summed E-state index contributed by atoms with van der Waals surface area (Å²) in [5.74, 6) is -0.296. The molecule has 2 N–H and O–H groups in total. The predicted octanol–water partition coefficient (Wildman–Crippen LogP) is 2.13. The number of carbonyl (C=O) groups is 2. The molecule has 0 spiro atoms. The molecule has 0 aliphatic rings. The van der Waals surface area contributed by atoms with E-state index in [1.54, 1.807) is 37.7 Å². The van der Waals surface area contributed by atoms with E-state index in [2.05, 4.69) is 15.7 Å². The summed E-state index contributed by atoms with van der Waals surface area (Å²) in [4.78, 5) is 23.5. The third-order valence-electron chi connectivity index (χ3n) is 2.92. The average Bonchev–Trinajstić information content (AvgIpc) is 3.00. The SMILES string of the molecule is CC(C)(C)OC(=O)NCCNC(=O)c1ccn(-c2ccccc2)n1. The lowest BCUT2D eigenvalue weighted by Gasteiger charge is -2.19. The predicted molar refractivity (Wildman–Crippen MR) is 90.1 cm³/mol. The summed E-state index contributed by atoms with van der Waals surface area (Å²) in [6, 6.07) is 11.2. The van der Waals surface area contributed by atoms with Gasteiger partial charge in [0.1, 0.15) is 5.60 Å². The highest BCUT2D eigenvalue weighted by molar-refractivity contribution is 5.92. The van der Waals surface area contributed by atoms with Gasteiger partial charge in [-0.2, -0.15) is 5.10 Å². The summed E-state index contributed by atoms with van der Waals surface area (Å²) in [5.41, 5.74) is 0.650. The van der Waals surface area contributed by atoms with Gasteiger partial charge < -0.3 is 15.4 Å². The van der Waals surface area contributed by atoms with Crippen LogP contribution in [-0.4, -0.2) is 40.5 Å². The molecule has 0 aliphatic carbocycles. The van der Waals surface area contributed by atoms with Crippen LogP contribution in [0.25, 0.3) is 5.69 Å². The van der Waals surface area contributed by atoms with Gasteiger partial charge in [-0.25, -0.2) is 9.48 Å². The van der Waals surface area contributed by atoms with Crippen LogP contribution in [-0.2, 0) is 4.74 Å². The van der Waals surface area contributed by atoms with E-state index in [4.69, 9.17) is 4.74 Å². The van der Waals surface area contributed by atoms with E-state index in [-0.39, 0.29) is 19.0 Å². The molecule has 2 rings (SSSR count). The normalized spacial score (nSPS) is 11.0. The number of ether oxygens (including phenoxy) is 1. The number of nitrogens with one attached hydrogen (secondary N) is 2. The molecule has 0 radical (unpaired) electrons. The van der Waals surface area contributed by atoms with Crippen LogP contribution in [0.1, 0.15) is 31.3 Å². The summed E-state index contributed by atoms with van der Waals surface area (Å²) in [5, 5.41) is 9.51. The molecule has 0 aliphatic heterocycles. The zero-order valence-corrected chi connectivity index (χ0v) is 14.1. The van der Waals surface area contributed by atoms with Crippen molar-refractivity contribution in [2.24, 2.45) is 0 Å². The van der Waals surface area contributed by atoms with Gasteiger partial charge in [0.2, 0.25) is 0 Å². The van der Waals surface area contributed by atoms with Crippen molar-refractivity contribution in [3.8, 4) is 5.69 Å². The maximum atomic E-state index is 12.0. The standard InChI is InChI=1S/C17H22N4O3/c1-17(2,3)24-16(23)19-11-10-18-15(22)14-9-12-21(20-14)13-7-5-4-6-8-13/h4-9,12H,10-11H2,1-3H3,(H,18,22)(H,19,23). The number of rotatable bonds is 5. The molecule has 2 amide bonds. The first-order valence-corrected chi connectivity index (χ1v) is 7.71. The fourth-order valence-electron chi connectivity index (χ4n) is 1.91. The number of carbonyl (C=O) groups excluding carboxylic acids is 2. The maximum Gasteiger partial charge on any atom is 0.407 e. The Hall–Kier alpha value is -2.83. The zero-order valence-electron chi connectivity index (χ0n) is 14.1. The van der Waals surface area contributed by atoms with Crippen LogP contribution in [0.15, 0.2) is 42.6 Å². The van der Waals surface area contributed by atoms with Gasteiger partial charge in [-0.15, -0.1) is 0 Å². The monoisotopic (exact) mass is 330 g/mol. The fourth-order valence-corrected chi connectivity index (χ4v) is 1.91. The highest BCUT2D eigenvalue weighted by Gasteiger charge is 2.15. The van der Waals surface area contributed by atoms with Crippen molar-refractivity contribution < 1.29 is 14.3 Å². The molecule has 128 valence electrons. The topological polar surface area (TPSA) is 85.3 Å². The Balaban J connectivity index is 1.77. The number of para-hydroxylation sites is 1. The largest absolute Gasteiger partial charge is 0.444 e. The molecule has 0 saturated carbocycles. The summed E-state index contributed by atoms with van der Waals surface area (Å²) in [7, 11) is 0. The number of hydrogen-bond acceptors (Lipinski definition) is 4. The van der Waals surface area contributed by atoms with Crippen LogP contribution >= 0.6 is 0 Å². The van der Waals surface area contributed by atoms with Crippen LogP contribution in [0.3, 0.4) is 0 Å². The second-order valence-corrected chi connectivity index (χ2v) is 6.17. The van der Waals surface area contributed by atoms with E-state index in [1.165, 1.54) is 0 Å². The lowest BCUT2D eigenvalue weighted by Crippen LogP contribution is -2.37. The van der Waals surface area contributed by atoms with Crippen molar-refractivity contribution in [2.75, 3.05) is 13.1 Å². The van der Waals surface area contributed by atoms with Gasteiger partial charge in [-0.05, 0) is 39.0 Å². The lowest BCUT2D eigenvalue weighted by molar-refractivity contribution is 0.0526. The minimum absolute atomic E-state index is 0.278. The molecule has 0 bridgehead atoms. The van der Waals surface area contributed by atoms with Crippen LogP contribution < -0.4 is 10.6 Å². The Morgan fingerprint density at radius 2 is 1.75 bits per heavy atom. The molecule has 0 fully saturated rings. The zero-order chi connectivity index (χ0) is 17.6. The van der Waals surface area contributed by atoms with Gasteiger partial charge in [0.05, 0.1) is 5.69 Å². The van der Waals surface area contributed by atoms with E-state index in [0.29, 0.717) is 5.69 Å². The van der Waals surface area contributed by atoms with Crippen LogP contribution in [0.4, 0.5) is 4.79 Å². The number of nitrogens with zero attached hydrogens (tertiary/aromatic N) is 2. The number of benzene rings is 1. The third kappa shape index (κ3) is 5.42. The first-order chi connectivity index (χ1) is 11.3. The Bertz CT molecular complexity index is 689. The number of hydrogen-bond donors (Lipinski definition) is 2. The van der Waals surface area contributed by atoms with Gasteiger partial charge >= 0.3 is 6.09 Å². The van der Waals surface area contributed by atoms with Crippen molar-refractivity contribution in [1.29, 1.82) is 0 Å². The van der Waals surface area contributed by atoms with E-state index in [0.717, 1.165) is 5.69 Å². The number of alkyl carbamates (subject to hydrolysis) is 1. The molecule has 0 saturated heterocycles. The molecule has 7 heteroatoms. The first-order valence-electron chi connectivity index (χ1n) is 7.71. The summed E-state index contributed by atoms with van der Waals surface area (Å²) in [6.07, 6.45) is 1.22. The highest BCUT2D eigenvalue weighted by Crippen LogP contribution is 2.07. The smallest absolute Gasteiger partial charge is 0.407 e. The second-order valence-electron chi connectivity index (χ2n) is 6.17. The van der Waals surface area contributed by atoms with Crippen LogP contribution in [0.2, 0.25) is 0 Å². The van der Waals surface area contributed by atoms with Crippen molar-refractivity contribution in [3.05, 3.63) is 48.3 Å². The third-order valence-corrected chi connectivity index (χ3v) is 2.92. The van der Waals surface area contributed by atoms with Gasteiger partial charge in [0, 0.05) is 19.3 Å². The molecule has 1 heterocycles. The summed E-state index contributed by atoms with van der Waals surface area (Å²) >= 11 is 0. The fraction of sp³-hybridized carbons (Fsp3) is 0.353. The highest BCUT2D eigenvalue weighted by atomic mass is 16.6. The van der Waals surface area contributed by atoms with Crippen molar-refractivity contribution >= 4 is 12.0 Å². The van der Waals surface area contributed by atoms with Crippen molar-refractivity contribution in [1.82, 2.24) is 20.4 Å². The molecular formula is C17H22N4O3. The number of amides is 2. The van der Waals surface area contributed by atoms with Gasteiger partial charge in [0.25, 0.3) is 5.91 Å². The quantitative estimate of drug-likeness (QED) is 0.823. The minimum atomic E-state index is -0.544. The Kier molecular flexibility index (Phi) is 5.57. The summed E-state index contributed by atoms with van der Waals surface area (Å²) < 4.78 is 6.74. The molecule has 1 aromatic heterocycles. The minimum Gasteiger partial charge on any atom is -0.444 e. The average molecular weight is 330 g/mol. The molecule has 0 unspecified atom stereocenters. The summed E-state index contributed by atoms with van der Waals surface area (Å²) in [6.45, 7) is 5.93. The molecule has 7 nitrogen and oxygen atoms in total. The van der Waals surface area contributed by atoms with Gasteiger partial charge in [0.15, 0.2) is 5.69 Å². The Morgan fingerprint density at radius 3 is 2.42 bits per heavy atom. The second kappa shape index (κ2) is 7.63. The van der Waals surface area contributed by atoms with Gasteiger partial charge in [-0.1, -0.05) is 18.2 Å². The van der Waals surface area contributed by atoms with E-state index in [9.17, 15) is 9.59 Å². The lowest BCUT2D eigenvalue weighted by atomic mass is 10.2. The van der Waals surface area contributed by atoms with Crippen molar-refractivity contribution in [3.63, 3.8) is 0 Å². The van der Waals surface area contributed by atoms with Crippen LogP contribution in [0, 0.1) is 0 Å². The Labute approximate surface area is 141 Å². The van der Waals surface area contributed by atoms with Gasteiger partial charge in [-0.3, -0.25) is 4.79 Å².